The Labute approximate surface area is 116 Å². The zero-order valence-electron chi connectivity index (χ0n) is 8.31. The van der Waals surface area contributed by atoms with Gasteiger partial charge in [-0.15, -0.1) is 0 Å². The van der Waals surface area contributed by atoms with Crippen LogP contribution < -0.4 is 29.6 Å². The van der Waals surface area contributed by atoms with Gasteiger partial charge >= 0.3 is 29.6 Å². The molecule has 0 aliphatic heterocycles. The SMILES string of the molecule is C[C@H](OS(=O)(=O)[O-])c1cccc(Cl)c1.[Na+]. The molecule has 78 valence electrons. The maximum atomic E-state index is 10.3. The fourth-order valence-corrected chi connectivity index (χ4v) is 1.66. The second-order valence-corrected chi connectivity index (χ2v) is 4.15. The van der Waals surface area contributed by atoms with Crippen molar-refractivity contribution < 1.29 is 46.7 Å². The summed E-state index contributed by atoms with van der Waals surface area (Å²) in [6.45, 7) is 1.46. The molecule has 0 amide bonds. The fourth-order valence-electron chi connectivity index (χ4n) is 0.992. The molecule has 0 heterocycles. The van der Waals surface area contributed by atoms with Crippen LogP contribution in [0.2, 0.25) is 5.02 Å². The van der Waals surface area contributed by atoms with E-state index in [2.05, 4.69) is 4.18 Å². The second-order valence-electron chi connectivity index (χ2n) is 2.70. The Balaban J connectivity index is 0.00000196. The third-order valence-electron chi connectivity index (χ3n) is 1.58. The van der Waals surface area contributed by atoms with Gasteiger partial charge < -0.3 is 4.55 Å². The Morgan fingerprint density at radius 2 is 2.07 bits per heavy atom. The van der Waals surface area contributed by atoms with Gasteiger partial charge in [-0.2, -0.15) is 0 Å². The van der Waals surface area contributed by atoms with E-state index in [1.807, 2.05) is 0 Å². The van der Waals surface area contributed by atoms with Gasteiger partial charge in [-0.25, -0.2) is 8.42 Å². The molecule has 1 atom stereocenters. The van der Waals surface area contributed by atoms with Crippen LogP contribution in [0.15, 0.2) is 24.3 Å². The molecule has 4 nitrogen and oxygen atoms in total. The van der Waals surface area contributed by atoms with Crippen molar-refractivity contribution in [2.45, 2.75) is 13.0 Å². The normalized spacial score (nSPS) is 13.0. The van der Waals surface area contributed by atoms with Gasteiger partial charge in [0.2, 0.25) is 10.4 Å². The molecule has 15 heavy (non-hydrogen) atoms. The number of hydrogen-bond donors (Lipinski definition) is 0. The smallest absolute Gasteiger partial charge is 0.726 e. The summed E-state index contributed by atoms with van der Waals surface area (Å²) in [6, 6.07) is 6.46. The van der Waals surface area contributed by atoms with Crippen LogP contribution in [0.5, 0.6) is 0 Å². The van der Waals surface area contributed by atoms with Crippen molar-refractivity contribution in [3.05, 3.63) is 34.9 Å². The summed E-state index contributed by atoms with van der Waals surface area (Å²) in [4.78, 5) is 0. The zero-order valence-corrected chi connectivity index (χ0v) is 11.9. The first-order valence-corrected chi connectivity index (χ1v) is 5.49. The molecule has 0 aromatic heterocycles. The van der Waals surface area contributed by atoms with Gasteiger partial charge in [0.05, 0.1) is 6.10 Å². The standard InChI is InChI=1S/C8H9ClO4S.Na/c1-6(13-14(10,11)12)7-3-2-4-8(9)5-7;/h2-6H,1H3,(H,10,11,12);/q;+1/p-1/t6-;/m0./s1. The van der Waals surface area contributed by atoms with E-state index < -0.39 is 16.5 Å². The maximum Gasteiger partial charge on any atom is 1.00 e. The van der Waals surface area contributed by atoms with Gasteiger partial charge in [0.1, 0.15) is 0 Å². The van der Waals surface area contributed by atoms with E-state index in [-0.39, 0.29) is 29.6 Å². The molecular weight excluding hydrogens is 251 g/mol. The van der Waals surface area contributed by atoms with E-state index in [4.69, 9.17) is 11.6 Å². The van der Waals surface area contributed by atoms with Crippen LogP contribution in [-0.2, 0) is 14.6 Å². The molecule has 0 saturated heterocycles. The largest absolute Gasteiger partial charge is 1.00 e. The summed E-state index contributed by atoms with van der Waals surface area (Å²) in [6.07, 6.45) is -0.823. The van der Waals surface area contributed by atoms with Crippen LogP contribution in [-0.4, -0.2) is 13.0 Å². The molecule has 7 heteroatoms. The molecule has 1 rings (SSSR count). The third kappa shape index (κ3) is 5.87. The maximum absolute atomic E-state index is 10.3. The average Bonchev–Trinajstić information content (AvgIpc) is 2.01. The molecule has 0 saturated carbocycles. The van der Waals surface area contributed by atoms with Crippen LogP contribution in [0.3, 0.4) is 0 Å². The Kier molecular flexibility index (Phi) is 6.36. The van der Waals surface area contributed by atoms with Gasteiger partial charge in [-0.05, 0) is 24.6 Å². The quantitative estimate of drug-likeness (QED) is 0.391. The Morgan fingerprint density at radius 3 is 2.53 bits per heavy atom. The first kappa shape index (κ1) is 15.4. The van der Waals surface area contributed by atoms with Gasteiger partial charge in [-0.3, -0.25) is 4.18 Å². The van der Waals surface area contributed by atoms with Crippen molar-refractivity contribution in [3.8, 4) is 0 Å². The van der Waals surface area contributed by atoms with E-state index in [1.165, 1.54) is 13.0 Å². The summed E-state index contributed by atoms with van der Waals surface area (Å²) in [5.41, 5.74) is 0.539. The van der Waals surface area contributed by atoms with Crippen molar-refractivity contribution >= 4 is 22.0 Å². The molecule has 0 aliphatic rings. The van der Waals surface area contributed by atoms with Gasteiger partial charge in [0.25, 0.3) is 0 Å². The molecule has 1 aromatic rings. The van der Waals surface area contributed by atoms with Crippen molar-refractivity contribution in [1.82, 2.24) is 0 Å². The van der Waals surface area contributed by atoms with Crippen molar-refractivity contribution in [2.75, 3.05) is 0 Å². The topological polar surface area (TPSA) is 66.4 Å². The summed E-state index contributed by atoms with van der Waals surface area (Å²) >= 11 is 5.68. The summed E-state index contributed by atoms with van der Waals surface area (Å²) in [5.74, 6) is 0. The van der Waals surface area contributed by atoms with Gasteiger partial charge in [-0.1, -0.05) is 23.7 Å². The zero-order chi connectivity index (χ0) is 10.8. The molecule has 0 spiro atoms. The molecule has 0 radical (unpaired) electrons. The summed E-state index contributed by atoms with van der Waals surface area (Å²) in [5, 5.41) is 0.459. The average molecular weight is 259 g/mol. The van der Waals surface area contributed by atoms with Crippen LogP contribution in [0.1, 0.15) is 18.6 Å². The van der Waals surface area contributed by atoms with Crippen molar-refractivity contribution in [3.63, 3.8) is 0 Å². The minimum absolute atomic E-state index is 0. The molecule has 0 bridgehead atoms. The van der Waals surface area contributed by atoms with E-state index in [9.17, 15) is 13.0 Å². The summed E-state index contributed by atoms with van der Waals surface area (Å²) < 4.78 is 35.1. The Hall–Kier alpha value is 0.380. The molecule has 0 aliphatic carbocycles. The minimum Gasteiger partial charge on any atom is -0.726 e. The Bertz CT molecular complexity index is 420. The van der Waals surface area contributed by atoms with Gasteiger partial charge in [0, 0.05) is 5.02 Å². The first-order chi connectivity index (χ1) is 6.38. The number of halogens is 1. The first-order valence-electron chi connectivity index (χ1n) is 3.78. The molecule has 1 aromatic carbocycles. The molecule has 0 unspecified atom stereocenters. The molecular formula is C8H8ClNaO4S. The van der Waals surface area contributed by atoms with E-state index in [0.29, 0.717) is 10.6 Å². The monoisotopic (exact) mass is 258 g/mol. The molecule has 0 fully saturated rings. The van der Waals surface area contributed by atoms with E-state index >= 15 is 0 Å². The predicted octanol–water partition coefficient (Wildman–Crippen LogP) is -1.12. The van der Waals surface area contributed by atoms with Gasteiger partial charge in [0.15, 0.2) is 0 Å². The number of benzene rings is 1. The third-order valence-corrected chi connectivity index (χ3v) is 2.34. The predicted molar refractivity (Wildman–Crippen MR) is 50.6 cm³/mol. The van der Waals surface area contributed by atoms with Crippen molar-refractivity contribution in [2.24, 2.45) is 0 Å². The molecule has 0 N–H and O–H groups in total. The Morgan fingerprint density at radius 1 is 1.47 bits per heavy atom. The van der Waals surface area contributed by atoms with Crippen LogP contribution in [0, 0.1) is 0 Å². The minimum atomic E-state index is -4.68. The second kappa shape index (κ2) is 6.20. The fraction of sp³-hybridized carbons (Fsp3) is 0.250. The van der Waals surface area contributed by atoms with E-state index in [0.717, 1.165) is 0 Å². The summed E-state index contributed by atoms with van der Waals surface area (Å²) in [7, 11) is -4.68. The van der Waals surface area contributed by atoms with Crippen LogP contribution in [0.25, 0.3) is 0 Å². The van der Waals surface area contributed by atoms with Crippen LogP contribution >= 0.6 is 11.6 Å². The number of hydrogen-bond acceptors (Lipinski definition) is 4. The number of rotatable bonds is 3. The van der Waals surface area contributed by atoms with E-state index in [1.54, 1.807) is 18.2 Å². The van der Waals surface area contributed by atoms with Crippen LogP contribution in [0.4, 0.5) is 0 Å². The van der Waals surface area contributed by atoms with Crippen molar-refractivity contribution in [1.29, 1.82) is 0 Å².